The number of benzene rings is 9. The van der Waals surface area contributed by atoms with Crippen molar-refractivity contribution < 1.29 is 47.7 Å². The summed E-state index contributed by atoms with van der Waals surface area (Å²) < 4.78 is 26.1. The number of nitrogens with one attached hydrogen (secondary N) is 6. The molecule has 3 heterocycles. The highest BCUT2D eigenvalue weighted by molar-refractivity contribution is 5.91. The molecule has 0 aromatic heterocycles. The highest BCUT2D eigenvalue weighted by Gasteiger charge is 2.51. The van der Waals surface area contributed by atoms with Gasteiger partial charge in [0.2, 0.25) is 17.7 Å². The minimum Gasteiger partial charge on any atom is -0.459 e. The second-order valence-corrected chi connectivity index (χ2v) is 21.9. The number of methoxy groups -OCH3 is 2. The van der Waals surface area contributed by atoms with E-state index in [1.165, 1.54) is 14.2 Å². The molecule has 0 bridgehead atoms. The second kappa shape index (κ2) is 32.4. The molecule has 95 heavy (non-hydrogen) atoms. The van der Waals surface area contributed by atoms with Crippen molar-refractivity contribution in [1.29, 1.82) is 0 Å². The molecule has 9 aromatic rings. The number of β-lactam (4-membered cyclic amide) rings is 3. The standard InChI is InChI=1S/2C27H24N2O4.C25H22N2O2/c2*1-32-23(30)18-11-19-33-26-24(25(31)28-26)29-27(20-12-5-2-6-13-20,21-14-7-3-8-15-21)22-16-9-4-10-17-22;1-2-18-29-24-22(23(28)26-24)27-25(19-12-6-3-7-13-19,20-14-8-4-9-15-20)21-16-10-5-11-17-21/h2*2-10,12-17,24,26,29H,19H2,1H3,(H,28,31);1,3-17,22,24,27H,18H2,(H,26,28)/t24-,26+;24-,26-;22-,24+/m111/s1. The molecule has 3 aliphatic heterocycles. The summed E-state index contributed by atoms with van der Waals surface area (Å²) >= 11 is 0. The van der Waals surface area contributed by atoms with Crippen LogP contribution in [0.5, 0.6) is 0 Å². The van der Waals surface area contributed by atoms with Crippen LogP contribution in [0.3, 0.4) is 0 Å². The Kier molecular flexibility index (Phi) is 22.7. The van der Waals surface area contributed by atoms with Gasteiger partial charge in [-0.05, 0) is 50.1 Å². The largest absolute Gasteiger partial charge is 0.459 e. The number of esters is 2. The van der Waals surface area contributed by atoms with Crippen LogP contribution in [-0.2, 0) is 64.3 Å². The molecule has 476 valence electrons. The van der Waals surface area contributed by atoms with Crippen molar-refractivity contribution in [3.63, 3.8) is 0 Å². The monoisotopic (exact) mass is 1260 g/mol. The summed E-state index contributed by atoms with van der Waals surface area (Å²) in [6.07, 6.45) is 3.66. The van der Waals surface area contributed by atoms with E-state index in [-0.39, 0.29) is 37.5 Å². The van der Waals surface area contributed by atoms with E-state index < -0.39 is 65.4 Å². The number of carbonyl (C=O) groups is 5. The molecular weight excluding hydrogens is 1190 g/mol. The van der Waals surface area contributed by atoms with E-state index in [1.54, 1.807) is 0 Å². The molecule has 3 aliphatic rings. The first-order valence-electron chi connectivity index (χ1n) is 30.7. The Morgan fingerprint density at radius 1 is 0.347 bits per heavy atom. The number of terminal acetylenes is 1. The van der Waals surface area contributed by atoms with Crippen LogP contribution in [0.4, 0.5) is 0 Å². The van der Waals surface area contributed by atoms with Crippen molar-refractivity contribution in [1.82, 2.24) is 31.9 Å². The van der Waals surface area contributed by atoms with E-state index in [4.69, 9.17) is 20.6 Å². The summed E-state index contributed by atoms with van der Waals surface area (Å²) in [5, 5.41) is 19.1. The number of ether oxygens (including phenoxy) is 5. The predicted octanol–water partition coefficient (Wildman–Crippen LogP) is 8.21. The second-order valence-electron chi connectivity index (χ2n) is 21.9. The number of rotatable bonds is 21. The molecule has 3 fully saturated rings. The summed E-state index contributed by atoms with van der Waals surface area (Å²) in [6.45, 7) is 0.0958. The molecule has 0 radical (unpaired) electrons. The summed E-state index contributed by atoms with van der Waals surface area (Å²) in [5.74, 6) is 10.6. The molecule has 3 amide bonds. The minimum atomic E-state index is -0.800. The molecule has 6 atom stereocenters. The van der Waals surface area contributed by atoms with E-state index in [1.807, 2.05) is 237 Å². The van der Waals surface area contributed by atoms with E-state index >= 15 is 0 Å². The van der Waals surface area contributed by atoms with Gasteiger partial charge in [-0.15, -0.1) is 6.42 Å². The van der Waals surface area contributed by atoms with Gasteiger partial charge in [-0.3, -0.25) is 30.3 Å². The van der Waals surface area contributed by atoms with Gasteiger partial charge in [0.15, 0.2) is 18.7 Å². The Balaban J connectivity index is 0.000000156. The molecular formula is C79H70N6O10. The van der Waals surface area contributed by atoms with Gasteiger partial charge < -0.3 is 39.6 Å². The van der Waals surface area contributed by atoms with Gasteiger partial charge in [-0.25, -0.2) is 9.59 Å². The van der Waals surface area contributed by atoms with E-state index in [0.717, 1.165) is 50.1 Å². The van der Waals surface area contributed by atoms with Crippen LogP contribution < -0.4 is 31.9 Å². The summed E-state index contributed by atoms with van der Waals surface area (Å²) in [6, 6.07) is 88.7. The first kappa shape index (κ1) is 66.7. The molecule has 6 N–H and O–H groups in total. The average molecular weight is 1260 g/mol. The lowest BCUT2D eigenvalue weighted by Gasteiger charge is -2.45. The van der Waals surface area contributed by atoms with Gasteiger partial charge in [0, 0.05) is 11.8 Å². The zero-order valence-electron chi connectivity index (χ0n) is 52.2. The summed E-state index contributed by atoms with van der Waals surface area (Å²) in [4.78, 5) is 60.1. The third-order valence-corrected chi connectivity index (χ3v) is 16.4. The van der Waals surface area contributed by atoms with Crippen molar-refractivity contribution in [3.8, 4) is 36.0 Å². The SMILES string of the molecule is C#CCO[C@@H]1NC(=O)[C@H]1NC(c1ccccc1)(c1ccccc1)c1ccccc1.COC(=O)C#CCO[C@@H]1NC(=O)[C@H]1NC(c1ccccc1)(c1ccccc1)c1ccccc1.COC(=O)C#CCO[C@H]1NC(=O)[C@H]1NC(c1ccccc1)(c1ccccc1)c1ccccc1. The Hall–Kier alpha value is -11.2. The van der Waals surface area contributed by atoms with Crippen LogP contribution in [0.15, 0.2) is 273 Å². The van der Waals surface area contributed by atoms with Crippen LogP contribution >= 0.6 is 0 Å². The van der Waals surface area contributed by atoms with Crippen LogP contribution in [0, 0.1) is 36.0 Å². The fourth-order valence-corrected chi connectivity index (χ4v) is 11.8. The minimum absolute atomic E-state index is 0.0206. The van der Waals surface area contributed by atoms with Crippen molar-refractivity contribution in [2.75, 3.05) is 34.0 Å². The topological polar surface area (TPSA) is 204 Å². The number of hydrogen-bond donors (Lipinski definition) is 6. The molecule has 0 unspecified atom stereocenters. The lowest BCUT2D eigenvalue weighted by Crippen LogP contribution is -2.72. The van der Waals surface area contributed by atoms with Crippen molar-refractivity contribution in [2.24, 2.45) is 0 Å². The van der Waals surface area contributed by atoms with Gasteiger partial charge in [0.05, 0.1) is 30.8 Å². The van der Waals surface area contributed by atoms with E-state index in [2.05, 4.69) is 107 Å². The van der Waals surface area contributed by atoms with E-state index in [9.17, 15) is 24.0 Å². The molecule has 0 spiro atoms. The average Bonchev–Trinajstić information content (AvgIpc) is 0.760. The number of amides is 3. The first-order valence-corrected chi connectivity index (χ1v) is 30.7. The third-order valence-electron chi connectivity index (χ3n) is 16.4. The summed E-state index contributed by atoms with van der Waals surface area (Å²) in [5.41, 5.74) is 6.72. The lowest BCUT2D eigenvalue weighted by molar-refractivity contribution is -0.147. The highest BCUT2D eigenvalue weighted by atomic mass is 16.5. The number of carbonyl (C=O) groups excluding carboxylic acids is 5. The number of hydrogen-bond acceptors (Lipinski definition) is 13. The van der Waals surface area contributed by atoms with Crippen LogP contribution in [0.25, 0.3) is 0 Å². The molecule has 3 saturated heterocycles. The van der Waals surface area contributed by atoms with Crippen LogP contribution in [-0.4, -0.2) is 101 Å². The van der Waals surface area contributed by atoms with Crippen molar-refractivity contribution in [2.45, 2.75) is 53.4 Å². The smallest absolute Gasteiger partial charge is 0.384 e. The highest BCUT2D eigenvalue weighted by Crippen LogP contribution is 2.41. The van der Waals surface area contributed by atoms with Gasteiger partial charge in [0.25, 0.3) is 0 Å². The quantitative estimate of drug-likeness (QED) is 0.0132. The van der Waals surface area contributed by atoms with E-state index in [0.29, 0.717) is 0 Å². The Morgan fingerprint density at radius 2 is 0.537 bits per heavy atom. The van der Waals surface area contributed by atoms with Crippen molar-refractivity contribution in [3.05, 3.63) is 323 Å². The Bertz CT molecular complexity index is 3690. The normalized spacial score (nSPS) is 17.5. The lowest BCUT2D eigenvalue weighted by atomic mass is 9.76. The Morgan fingerprint density at radius 3 is 0.705 bits per heavy atom. The van der Waals surface area contributed by atoms with Gasteiger partial charge in [0.1, 0.15) is 37.9 Å². The zero-order chi connectivity index (χ0) is 66.3. The first-order chi connectivity index (χ1) is 46.5. The van der Waals surface area contributed by atoms with Gasteiger partial charge in [-0.1, -0.05) is 291 Å². The Labute approximate surface area is 553 Å². The van der Waals surface area contributed by atoms with Crippen LogP contribution in [0.2, 0.25) is 0 Å². The molecule has 0 aliphatic carbocycles. The van der Waals surface area contributed by atoms with Crippen LogP contribution in [0.1, 0.15) is 50.1 Å². The van der Waals surface area contributed by atoms with Gasteiger partial charge >= 0.3 is 11.9 Å². The zero-order valence-corrected chi connectivity index (χ0v) is 52.2. The van der Waals surface area contributed by atoms with Gasteiger partial charge in [-0.2, -0.15) is 0 Å². The molecule has 16 nitrogen and oxygen atoms in total. The molecule has 12 rings (SSSR count). The third kappa shape index (κ3) is 15.3. The fraction of sp³-hybridized carbons (Fsp3) is 0.177. The predicted molar refractivity (Wildman–Crippen MR) is 360 cm³/mol. The van der Waals surface area contributed by atoms with Crippen molar-refractivity contribution >= 4 is 29.7 Å². The molecule has 16 heteroatoms. The summed E-state index contributed by atoms with van der Waals surface area (Å²) in [7, 11) is 2.53. The maximum Gasteiger partial charge on any atom is 0.384 e. The maximum atomic E-state index is 12.6. The molecule has 9 aromatic carbocycles. The fourth-order valence-electron chi connectivity index (χ4n) is 11.8. The maximum absolute atomic E-state index is 12.6. The molecule has 0 saturated carbocycles.